The van der Waals surface area contributed by atoms with Gasteiger partial charge in [0, 0.05) is 22.3 Å². The molecule has 1 aliphatic rings. The summed E-state index contributed by atoms with van der Waals surface area (Å²) >= 11 is 6.61. The van der Waals surface area contributed by atoms with Crippen molar-refractivity contribution >= 4 is 52.2 Å². The van der Waals surface area contributed by atoms with Gasteiger partial charge in [-0.2, -0.15) is 13.2 Å². The fourth-order valence-electron chi connectivity index (χ4n) is 3.11. The number of hydrogen-bond donors (Lipinski definition) is 1. The second-order valence-electron chi connectivity index (χ2n) is 7.11. The Bertz CT molecular complexity index is 1320. The van der Waals surface area contributed by atoms with Crippen molar-refractivity contribution in [2.24, 2.45) is 0 Å². The SMILES string of the molecule is O=C(CN1C(=O)S/C(=C\c2ccc(-c3cccc(Cl)c3)o2)C1=O)Nc1cccc(C(F)(F)F)c1. The van der Waals surface area contributed by atoms with E-state index in [1.807, 2.05) is 0 Å². The summed E-state index contributed by atoms with van der Waals surface area (Å²) in [6.45, 7) is -0.649. The zero-order valence-electron chi connectivity index (χ0n) is 17.1. The van der Waals surface area contributed by atoms with Crippen LogP contribution in [0.3, 0.4) is 0 Å². The van der Waals surface area contributed by atoms with Crippen LogP contribution < -0.4 is 5.32 Å². The van der Waals surface area contributed by atoms with Crippen molar-refractivity contribution in [3.05, 3.63) is 81.9 Å². The fraction of sp³-hybridized carbons (Fsp3) is 0.0870. The predicted octanol–water partition coefficient (Wildman–Crippen LogP) is 6.29. The Labute approximate surface area is 200 Å². The summed E-state index contributed by atoms with van der Waals surface area (Å²) < 4.78 is 44.2. The number of nitrogens with zero attached hydrogens (tertiary/aromatic N) is 1. The van der Waals surface area contributed by atoms with Gasteiger partial charge in [-0.05, 0) is 54.2 Å². The summed E-state index contributed by atoms with van der Waals surface area (Å²) in [5.41, 5.74) is -0.312. The first-order chi connectivity index (χ1) is 16.1. The molecule has 0 atom stereocenters. The van der Waals surface area contributed by atoms with E-state index in [1.54, 1.807) is 36.4 Å². The van der Waals surface area contributed by atoms with Crippen LogP contribution in [0.4, 0.5) is 23.7 Å². The molecule has 3 amide bonds. The van der Waals surface area contributed by atoms with Crippen LogP contribution in [0, 0.1) is 0 Å². The maximum Gasteiger partial charge on any atom is 0.416 e. The number of halogens is 4. The van der Waals surface area contributed by atoms with Gasteiger partial charge in [0.15, 0.2) is 0 Å². The number of hydrogen-bond acceptors (Lipinski definition) is 5. The van der Waals surface area contributed by atoms with Gasteiger partial charge in [0.2, 0.25) is 5.91 Å². The Morgan fingerprint density at radius 1 is 1.09 bits per heavy atom. The minimum atomic E-state index is -4.57. The molecule has 0 bridgehead atoms. The summed E-state index contributed by atoms with van der Waals surface area (Å²) in [5.74, 6) is -0.707. The molecule has 1 fully saturated rings. The van der Waals surface area contributed by atoms with E-state index in [0.29, 0.717) is 33.2 Å². The minimum Gasteiger partial charge on any atom is -0.457 e. The fourth-order valence-corrected chi connectivity index (χ4v) is 4.12. The van der Waals surface area contributed by atoms with Gasteiger partial charge >= 0.3 is 6.18 Å². The first-order valence-electron chi connectivity index (χ1n) is 9.68. The van der Waals surface area contributed by atoms with Gasteiger partial charge in [-0.15, -0.1) is 0 Å². The third kappa shape index (κ3) is 5.35. The van der Waals surface area contributed by atoms with Crippen LogP contribution in [0.15, 0.2) is 70.0 Å². The van der Waals surface area contributed by atoms with E-state index in [-0.39, 0.29) is 10.6 Å². The van der Waals surface area contributed by atoms with E-state index in [4.69, 9.17) is 16.0 Å². The summed E-state index contributed by atoms with van der Waals surface area (Å²) in [7, 11) is 0. The molecular weight excluding hydrogens is 493 g/mol. The summed E-state index contributed by atoms with van der Waals surface area (Å²) in [4.78, 5) is 38.0. The number of imide groups is 1. The number of furan rings is 1. The molecule has 0 aliphatic carbocycles. The van der Waals surface area contributed by atoms with Crippen molar-refractivity contribution in [1.29, 1.82) is 0 Å². The molecule has 34 heavy (non-hydrogen) atoms. The Kier molecular flexibility index (Phi) is 6.54. The summed E-state index contributed by atoms with van der Waals surface area (Å²) in [6.07, 6.45) is -3.19. The van der Waals surface area contributed by atoms with E-state index < -0.39 is 35.3 Å². The highest BCUT2D eigenvalue weighted by atomic mass is 35.5. The molecule has 4 rings (SSSR count). The first kappa shape index (κ1) is 23.7. The maximum atomic E-state index is 12.8. The van der Waals surface area contributed by atoms with Gasteiger partial charge < -0.3 is 9.73 Å². The van der Waals surface area contributed by atoms with Gasteiger partial charge in [0.25, 0.3) is 11.1 Å². The molecule has 1 N–H and O–H groups in total. The molecule has 6 nitrogen and oxygen atoms in total. The zero-order valence-corrected chi connectivity index (χ0v) is 18.6. The number of amides is 3. The number of carbonyl (C=O) groups excluding carboxylic acids is 3. The second kappa shape index (κ2) is 9.40. The number of alkyl halides is 3. The van der Waals surface area contributed by atoms with E-state index in [9.17, 15) is 27.6 Å². The lowest BCUT2D eigenvalue weighted by molar-refractivity contribution is -0.137. The average molecular weight is 507 g/mol. The van der Waals surface area contributed by atoms with Gasteiger partial charge in [0.1, 0.15) is 18.1 Å². The maximum absolute atomic E-state index is 12.8. The van der Waals surface area contributed by atoms with Crippen LogP contribution in [-0.4, -0.2) is 28.5 Å². The van der Waals surface area contributed by atoms with Crippen LogP contribution in [0.2, 0.25) is 5.02 Å². The van der Waals surface area contributed by atoms with Crippen molar-refractivity contribution in [2.45, 2.75) is 6.18 Å². The molecule has 174 valence electrons. The lowest BCUT2D eigenvalue weighted by atomic mass is 10.2. The molecule has 2 aromatic carbocycles. The van der Waals surface area contributed by atoms with Crippen molar-refractivity contribution in [3.63, 3.8) is 0 Å². The Morgan fingerprint density at radius 3 is 2.59 bits per heavy atom. The molecule has 2 heterocycles. The molecule has 0 radical (unpaired) electrons. The van der Waals surface area contributed by atoms with Gasteiger partial charge in [-0.25, -0.2) is 0 Å². The smallest absolute Gasteiger partial charge is 0.416 e. The number of anilines is 1. The highest BCUT2D eigenvalue weighted by Crippen LogP contribution is 2.34. The van der Waals surface area contributed by atoms with Gasteiger partial charge in [-0.3, -0.25) is 19.3 Å². The van der Waals surface area contributed by atoms with Crippen molar-refractivity contribution < 1.29 is 32.0 Å². The predicted molar refractivity (Wildman–Crippen MR) is 122 cm³/mol. The quantitative estimate of drug-likeness (QED) is 0.411. The number of thioether (sulfide) groups is 1. The molecule has 1 aromatic heterocycles. The molecule has 11 heteroatoms. The van der Waals surface area contributed by atoms with E-state index in [1.165, 1.54) is 12.1 Å². The van der Waals surface area contributed by atoms with Crippen LogP contribution in [0.1, 0.15) is 11.3 Å². The minimum absolute atomic E-state index is 0.0452. The Balaban J connectivity index is 1.44. The molecule has 3 aromatic rings. The average Bonchev–Trinajstić information content (AvgIpc) is 3.34. The topological polar surface area (TPSA) is 79.6 Å². The largest absolute Gasteiger partial charge is 0.457 e. The van der Waals surface area contributed by atoms with Gasteiger partial charge in [0.05, 0.1) is 10.5 Å². The zero-order chi connectivity index (χ0) is 24.5. The number of nitrogens with one attached hydrogen (secondary N) is 1. The highest BCUT2D eigenvalue weighted by molar-refractivity contribution is 8.18. The molecule has 0 unspecified atom stereocenters. The van der Waals surface area contributed by atoms with E-state index in [2.05, 4.69) is 5.32 Å². The normalized spacial score (nSPS) is 15.3. The lowest BCUT2D eigenvalue weighted by Crippen LogP contribution is -2.36. The first-order valence-corrected chi connectivity index (χ1v) is 10.9. The lowest BCUT2D eigenvalue weighted by Gasteiger charge is -2.13. The standard InChI is InChI=1S/C23H14ClF3N2O4S/c24-15-5-1-3-13(9-15)18-8-7-17(33-18)11-19-21(31)29(22(32)34-19)12-20(30)28-16-6-2-4-14(10-16)23(25,26)27/h1-11H,12H2,(H,28,30)/b19-11-. The Hall–Kier alpha value is -3.50. The Morgan fingerprint density at radius 2 is 1.85 bits per heavy atom. The van der Waals surface area contributed by atoms with Crippen molar-refractivity contribution in [2.75, 3.05) is 11.9 Å². The summed E-state index contributed by atoms with van der Waals surface area (Å²) in [6, 6.07) is 14.3. The van der Waals surface area contributed by atoms with Gasteiger partial charge in [-0.1, -0.05) is 29.8 Å². The van der Waals surface area contributed by atoms with Crippen LogP contribution >= 0.6 is 23.4 Å². The molecule has 1 aliphatic heterocycles. The van der Waals surface area contributed by atoms with Crippen molar-refractivity contribution in [3.8, 4) is 11.3 Å². The van der Waals surface area contributed by atoms with Crippen LogP contribution in [0.5, 0.6) is 0 Å². The number of rotatable bonds is 5. The van der Waals surface area contributed by atoms with Crippen LogP contribution in [0.25, 0.3) is 17.4 Å². The molecule has 0 spiro atoms. The molecule has 0 saturated carbocycles. The second-order valence-corrected chi connectivity index (χ2v) is 8.54. The third-order valence-electron chi connectivity index (χ3n) is 4.66. The molecular formula is C23H14ClF3N2O4S. The molecule has 1 saturated heterocycles. The summed E-state index contributed by atoms with van der Waals surface area (Å²) in [5, 5.41) is 2.11. The van der Waals surface area contributed by atoms with E-state index in [0.717, 1.165) is 23.8 Å². The van der Waals surface area contributed by atoms with Crippen LogP contribution in [-0.2, 0) is 15.8 Å². The number of benzene rings is 2. The van der Waals surface area contributed by atoms with Crippen molar-refractivity contribution in [1.82, 2.24) is 4.90 Å². The highest BCUT2D eigenvalue weighted by Gasteiger charge is 2.37. The van der Waals surface area contributed by atoms with E-state index >= 15 is 0 Å². The third-order valence-corrected chi connectivity index (χ3v) is 5.80. The monoisotopic (exact) mass is 506 g/mol. The number of carbonyl (C=O) groups is 3.